The van der Waals surface area contributed by atoms with Crippen LogP contribution in [0.15, 0.2) is 48.8 Å². The molecule has 1 aromatic heterocycles. The molecular weight excluding hydrogens is 287 g/mol. The average Bonchev–Trinajstić information content (AvgIpc) is 2.44. The molecule has 0 fully saturated rings. The van der Waals surface area contributed by atoms with Gasteiger partial charge in [-0.05, 0) is 18.2 Å². The molecule has 21 heavy (non-hydrogen) atoms. The van der Waals surface area contributed by atoms with Crippen LogP contribution in [0.25, 0.3) is 0 Å². The third-order valence-electron chi connectivity index (χ3n) is 2.65. The van der Waals surface area contributed by atoms with E-state index in [-0.39, 0.29) is 16.9 Å². The van der Waals surface area contributed by atoms with Gasteiger partial charge in [0.05, 0.1) is 0 Å². The zero-order chi connectivity index (χ0) is 15.5. The Balaban J connectivity index is 2.40. The molecule has 110 valence electrons. The normalized spacial score (nSPS) is 12.7. The van der Waals surface area contributed by atoms with Crippen LogP contribution in [0.3, 0.4) is 0 Å². The standard InChI is InChI=1S/C14H10F3NO3/c15-14(16,17)12(9-4-3-7-18-8-9)21-11-6-2-1-5-10(11)13(19)20/h1-8,12H,(H,19,20). The number of alkyl halides is 3. The molecule has 2 aromatic rings. The zero-order valence-electron chi connectivity index (χ0n) is 10.5. The van der Waals surface area contributed by atoms with Gasteiger partial charge in [-0.3, -0.25) is 4.98 Å². The molecule has 0 aliphatic heterocycles. The Bertz CT molecular complexity index is 629. The third kappa shape index (κ3) is 3.50. The molecule has 4 nitrogen and oxygen atoms in total. The number of aromatic nitrogens is 1. The lowest BCUT2D eigenvalue weighted by molar-refractivity contribution is -0.198. The summed E-state index contributed by atoms with van der Waals surface area (Å²) in [5.74, 6) is -1.71. The molecule has 1 heterocycles. The van der Waals surface area contributed by atoms with Gasteiger partial charge in [-0.25, -0.2) is 4.79 Å². The van der Waals surface area contributed by atoms with E-state index in [4.69, 9.17) is 9.84 Å². The van der Waals surface area contributed by atoms with Crippen molar-refractivity contribution in [2.45, 2.75) is 12.3 Å². The summed E-state index contributed by atoms with van der Waals surface area (Å²) in [5.41, 5.74) is -0.541. The highest BCUT2D eigenvalue weighted by molar-refractivity contribution is 5.90. The van der Waals surface area contributed by atoms with Crippen molar-refractivity contribution in [3.63, 3.8) is 0 Å². The lowest BCUT2D eigenvalue weighted by atomic mass is 10.1. The summed E-state index contributed by atoms with van der Waals surface area (Å²) in [6, 6.07) is 7.73. The number of pyridine rings is 1. The Hall–Kier alpha value is -2.57. The largest absolute Gasteiger partial charge is 0.478 e. The number of rotatable bonds is 4. The summed E-state index contributed by atoms with van der Waals surface area (Å²) in [6.07, 6.45) is -4.62. The lowest BCUT2D eigenvalue weighted by Crippen LogP contribution is -2.26. The number of nitrogens with zero attached hydrogens (tertiary/aromatic N) is 1. The second-order valence-electron chi connectivity index (χ2n) is 4.13. The monoisotopic (exact) mass is 297 g/mol. The second kappa shape index (κ2) is 5.82. The molecule has 0 radical (unpaired) electrons. The van der Waals surface area contributed by atoms with Crippen LogP contribution < -0.4 is 4.74 Å². The van der Waals surface area contributed by atoms with Gasteiger partial charge in [0.25, 0.3) is 0 Å². The lowest BCUT2D eigenvalue weighted by Gasteiger charge is -2.22. The minimum absolute atomic E-state index is 0.204. The van der Waals surface area contributed by atoms with Gasteiger partial charge in [0.1, 0.15) is 11.3 Å². The van der Waals surface area contributed by atoms with Crippen LogP contribution in [0, 0.1) is 0 Å². The first-order chi connectivity index (χ1) is 9.89. The molecule has 0 saturated carbocycles. The van der Waals surface area contributed by atoms with Crippen LogP contribution in [-0.2, 0) is 0 Å². The number of aromatic carboxylic acids is 1. The average molecular weight is 297 g/mol. The Morgan fingerprint density at radius 3 is 2.48 bits per heavy atom. The molecule has 0 amide bonds. The first-order valence-corrected chi connectivity index (χ1v) is 5.85. The number of carboxylic acids is 1. The number of benzene rings is 1. The fourth-order valence-electron chi connectivity index (χ4n) is 1.73. The van der Waals surface area contributed by atoms with Crippen molar-refractivity contribution in [2.75, 3.05) is 0 Å². The number of halogens is 3. The van der Waals surface area contributed by atoms with Crippen LogP contribution in [0.2, 0.25) is 0 Å². The van der Waals surface area contributed by atoms with Crippen LogP contribution >= 0.6 is 0 Å². The van der Waals surface area contributed by atoms with Gasteiger partial charge in [-0.15, -0.1) is 0 Å². The highest BCUT2D eigenvalue weighted by atomic mass is 19.4. The van der Waals surface area contributed by atoms with Crippen LogP contribution in [0.1, 0.15) is 22.0 Å². The van der Waals surface area contributed by atoms with Gasteiger partial charge in [0, 0.05) is 18.0 Å². The van der Waals surface area contributed by atoms with Gasteiger partial charge in [0.15, 0.2) is 0 Å². The van der Waals surface area contributed by atoms with E-state index in [0.717, 1.165) is 6.20 Å². The fraction of sp³-hybridized carbons (Fsp3) is 0.143. The number of para-hydroxylation sites is 1. The SMILES string of the molecule is O=C(O)c1ccccc1OC(c1cccnc1)C(F)(F)F. The van der Waals surface area contributed by atoms with E-state index in [0.29, 0.717) is 0 Å². The van der Waals surface area contributed by atoms with Gasteiger partial charge >= 0.3 is 12.1 Å². The quantitative estimate of drug-likeness (QED) is 0.938. The minimum atomic E-state index is -4.70. The van der Waals surface area contributed by atoms with E-state index >= 15 is 0 Å². The first-order valence-electron chi connectivity index (χ1n) is 5.85. The van der Waals surface area contributed by atoms with E-state index in [2.05, 4.69) is 4.98 Å². The molecule has 0 aliphatic rings. The zero-order valence-corrected chi connectivity index (χ0v) is 10.5. The van der Waals surface area contributed by atoms with E-state index < -0.39 is 18.2 Å². The smallest absolute Gasteiger partial charge is 0.429 e. The Labute approximate surface area is 117 Å². The molecule has 1 atom stereocenters. The highest BCUT2D eigenvalue weighted by Crippen LogP contribution is 2.37. The molecule has 1 unspecified atom stereocenters. The number of hydrogen-bond donors (Lipinski definition) is 1. The summed E-state index contributed by atoms with van der Waals surface area (Å²) in [4.78, 5) is 14.6. The summed E-state index contributed by atoms with van der Waals surface area (Å²) in [6.45, 7) is 0. The number of carbonyl (C=O) groups is 1. The van der Waals surface area contributed by atoms with Crippen molar-refractivity contribution < 1.29 is 27.8 Å². The summed E-state index contributed by atoms with van der Waals surface area (Å²) < 4.78 is 44.3. The Kier molecular flexibility index (Phi) is 4.11. The first kappa shape index (κ1) is 14.8. The third-order valence-corrected chi connectivity index (χ3v) is 2.65. The van der Waals surface area contributed by atoms with Crippen molar-refractivity contribution >= 4 is 5.97 Å². The van der Waals surface area contributed by atoms with Crippen LogP contribution in [0.4, 0.5) is 13.2 Å². The summed E-state index contributed by atoms with van der Waals surface area (Å²) >= 11 is 0. The number of ether oxygens (including phenoxy) is 1. The van der Waals surface area contributed by atoms with Crippen molar-refractivity contribution in [2.24, 2.45) is 0 Å². The molecule has 0 bridgehead atoms. The van der Waals surface area contributed by atoms with Crippen LogP contribution in [-0.4, -0.2) is 22.2 Å². The Morgan fingerprint density at radius 1 is 1.19 bits per heavy atom. The maximum atomic E-state index is 13.1. The predicted octanol–water partition coefficient (Wildman–Crippen LogP) is 3.46. The molecule has 2 rings (SSSR count). The molecule has 1 N–H and O–H groups in total. The van der Waals surface area contributed by atoms with Gasteiger partial charge < -0.3 is 9.84 Å². The van der Waals surface area contributed by atoms with Crippen molar-refractivity contribution in [1.29, 1.82) is 0 Å². The minimum Gasteiger partial charge on any atom is -0.478 e. The molecular formula is C14H10F3NO3. The van der Waals surface area contributed by atoms with Crippen LogP contribution in [0.5, 0.6) is 5.75 Å². The van der Waals surface area contributed by atoms with E-state index in [1.165, 1.54) is 42.6 Å². The second-order valence-corrected chi connectivity index (χ2v) is 4.13. The summed E-state index contributed by atoms with van der Waals surface area (Å²) in [7, 11) is 0. The fourth-order valence-corrected chi connectivity index (χ4v) is 1.73. The van der Waals surface area contributed by atoms with Crippen molar-refractivity contribution in [3.05, 3.63) is 59.9 Å². The number of carboxylic acid groups (broad SMARTS) is 1. The van der Waals surface area contributed by atoms with Gasteiger partial charge in [-0.2, -0.15) is 13.2 Å². The maximum Gasteiger partial charge on any atom is 0.429 e. The predicted molar refractivity (Wildman–Crippen MR) is 67.1 cm³/mol. The maximum absolute atomic E-state index is 13.1. The van der Waals surface area contributed by atoms with Crippen molar-refractivity contribution in [1.82, 2.24) is 4.98 Å². The van der Waals surface area contributed by atoms with E-state index in [1.807, 2.05) is 0 Å². The van der Waals surface area contributed by atoms with Gasteiger partial charge in [-0.1, -0.05) is 18.2 Å². The topological polar surface area (TPSA) is 59.4 Å². The highest BCUT2D eigenvalue weighted by Gasteiger charge is 2.43. The van der Waals surface area contributed by atoms with Gasteiger partial charge in [0.2, 0.25) is 6.10 Å². The van der Waals surface area contributed by atoms with Crippen molar-refractivity contribution in [3.8, 4) is 5.75 Å². The molecule has 0 saturated heterocycles. The van der Waals surface area contributed by atoms with E-state index in [1.54, 1.807) is 0 Å². The molecule has 1 aromatic carbocycles. The number of hydrogen-bond acceptors (Lipinski definition) is 3. The summed E-state index contributed by atoms with van der Waals surface area (Å²) in [5, 5.41) is 8.98. The molecule has 0 aliphatic carbocycles. The van der Waals surface area contributed by atoms with E-state index in [9.17, 15) is 18.0 Å². The molecule has 0 spiro atoms. The Morgan fingerprint density at radius 2 is 1.90 bits per heavy atom. The molecule has 7 heteroatoms.